The Morgan fingerprint density at radius 1 is 0.688 bits per heavy atom. The predicted molar refractivity (Wildman–Crippen MR) is 131 cm³/mol. The van der Waals surface area contributed by atoms with Gasteiger partial charge in [-0.2, -0.15) is 0 Å². The van der Waals surface area contributed by atoms with Crippen LogP contribution in [0, 0.1) is 0 Å². The molecule has 32 heavy (non-hydrogen) atoms. The number of aliphatic carboxylic acids is 1. The summed E-state index contributed by atoms with van der Waals surface area (Å²) < 4.78 is 0.528. The zero-order chi connectivity index (χ0) is 24.3. The van der Waals surface area contributed by atoms with Crippen molar-refractivity contribution in [3.05, 3.63) is 12.2 Å². The first-order valence-electron chi connectivity index (χ1n) is 13.0. The highest BCUT2D eigenvalue weighted by molar-refractivity contribution is 5.60. The van der Waals surface area contributed by atoms with Gasteiger partial charge in [0.25, 0.3) is 0 Å². The van der Waals surface area contributed by atoms with Crippen LogP contribution in [0.4, 0.5) is 0 Å². The second-order valence-corrected chi connectivity index (χ2v) is 8.88. The summed E-state index contributed by atoms with van der Waals surface area (Å²) in [4.78, 5) is 8.89. The first-order valence-corrected chi connectivity index (χ1v) is 13.0. The quantitative estimate of drug-likeness (QED) is 0.0986. The van der Waals surface area contributed by atoms with Gasteiger partial charge in [0.15, 0.2) is 6.73 Å². The molecule has 0 aliphatic carbocycles. The molecule has 0 spiro atoms. The Morgan fingerprint density at radius 3 is 1.56 bits per heavy atom. The van der Waals surface area contributed by atoms with Crippen LogP contribution in [0.2, 0.25) is 0 Å². The van der Waals surface area contributed by atoms with E-state index < -0.39 is 5.97 Å². The maximum atomic E-state index is 9.73. The zero-order valence-corrected chi connectivity index (χ0v) is 21.1. The van der Waals surface area contributed by atoms with Crippen molar-refractivity contribution in [2.45, 2.75) is 110 Å². The highest BCUT2D eigenvalue weighted by Gasteiger charge is 2.24. The molecule has 0 amide bonds. The third kappa shape index (κ3) is 25.3. The van der Waals surface area contributed by atoms with Gasteiger partial charge in [-0.05, 0) is 45.4 Å². The lowest BCUT2D eigenvalue weighted by Gasteiger charge is -2.36. The number of carboxylic acid groups (broad SMARTS) is 1. The molecule has 0 aliphatic heterocycles. The number of carboxylic acids is 1. The molecular formula is C26H53NO5. The molecule has 0 aromatic heterocycles. The fourth-order valence-corrected chi connectivity index (χ4v) is 3.86. The zero-order valence-electron chi connectivity index (χ0n) is 21.1. The summed E-state index contributed by atoms with van der Waals surface area (Å²) in [6, 6.07) is 0. The molecule has 1 atom stereocenters. The van der Waals surface area contributed by atoms with Crippen LogP contribution in [0.25, 0.3) is 0 Å². The molecule has 3 N–H and O–H groups in total. The molecule has 0 radical (unpaired) electrons. The van der Waals surface area contributed by atoms with Crippen molar-refractivity contribution in [1.29, 1.82) is 0 Å². The Hall–Kier alpha value is -0.950. The largest absolute Gasteiger partial charge is 0.550 e. The number of carbonyl (C=O) groups is 1. The average molecular weight is 460 g/mol. The Bertz CT molecular complexity index is 413. The first kappa shape index (κ1) is 33.2. The molecule has 0 aromatic rings. The van der Waals surface area contributed by atoms with Crippen LogP contribution in [0.15, 0.2) is 12.2 Å². The molecule has 0 bridgehead atoms. The first-order chi connectivity index (χ1) is 15.5. The molecule has 0 heterocycles. The van der Waals surface area contributed by atoms with Crippen molar-refractivity contribution in [2.24, 2.45) is 0 Å². The van der Waals surface area contributed by atoms with Gasteiger partial charge in [0, 0.05) is 19.0 Å². The second kappa shape index (κ2) is 26.3. The third-order valence-electron chi connectivity index (χ3n) is 5.81. The number of hydrogen-bond acceptors (Lipinski definition) is 5. The Morgan fingerprint density at radius 2 is 1.12 bits per heavy atom. The van der Waals surface area contributed by atoms with E-state index in [4.69, 9.17) is 15.0 Å². The summed E-state index contributed by atoms with van der Waals surface area (Å²) >= 11 is 0. The Labute approximate surface area is 197 Å². The molecule has 1 unspecified atom stereocenters. The van der Waals surface area contributed by atoms with Crippen molar-refractivity contribution in [3.8, 4) is 0 Å². The van der Waals surface area contributed by atoms with Gasteiger partial charge in [0.2, 0.25) is 0 Å². The minimum Gasteiger partial charge on any atom is -0.550 e. The lowest BCUT2D eigenvalue weighted by molar-refractivity contribution is -0.945. The smallest absolute Gasteiger partial charge is 0.180 e. The summed E-state index contributed by atoms with van der Waals surface area (Å²) in [6.45, 7) is 5.78. The van der Waals surface area contributed by atoms with Gasteiger partial charge in [0.1, 0.15) is 6.54 Å². The topological polar surface area (TPSA) is 101 Å². The van der Waals surface area contributed by atoms with E-state index in [1.165, 1.54) is 83.5 Å². The van der Waals surface area contributed by atoms with E-state index in [0.29, 0.717) is 17.4 Å². The number of rotatable bonds is 22. The molecule has 0 saturated heterocycles. The average Bonchev–Trinajstić information content (AvgIpc) is 2.76. The van der Waals surface area contributed by atoms with E-state index in [9.17, 15) is 10.2 Å². The lowest BCUT2D eigenvalue weighted by Crippen LogP contribution is -2.52. The molecule has 0 aliphatic rings. The highest BCUT2D eigenvalue weighted by atomic mass is 16.4. The van der Waals surface area contributed by atoms with Crippen LogP contribution in [0.1, 0.15) is 110 Å². The third-order valence-corrected chi connectivity index (χ3v) is 5.81. The molecule has 6 nitrogen and oxygen atoms in total. The number of nitrogens with zero attached hydrogens (tertiary/aromatic N) is 1. The van der Waals surface area contributed by atoms with Crippen molar-refractivity contribution in [2.75, 3.05) is 39.6 Å². The minimum absolute atomic E-state index is 0.0611. The van der Waals surface area contributed by atoms with Gasteiger partial charge in [-0.1, -0.05) is 70.4 Å². The van der Waals surface area contributed by atoms with Gasteiger partial charge in [-0.3, -0.25) is 4.48 Å². The number of hydrogen-bond donors (Lipinski definition) is 3. The highest BCUT2D eigenvalue weighted by Crippen LogP contribution is 2.13. The second-order valence-electron chi connectivity index (χ2n) is 8.88. The summed E-state index contributed by atoms with van der Waals surface area (Å²) in [5.41, 5.74) is 0. The number of carbonyl (C=O) groups excluding carboxylic acids is 1. The van der Waals surface area contributed by atoms with Crippen molar-refractivity contribution in [1.82, 2.24) is 0 Å². The number of quaternary nitrogens is 1. The van der Waals surface area contributed by atoms with E-state index in [2.05, 4.69) is 19.1 Å². The standard InChI is InChI=1S/C24H50NO3.C2H4O2/c1-2-3-4-5-6-7-8-9-10-11-12-13-14-15-16-17-19-25(24-28,21-23-27)20-18-22-26;1-2(3)4/h9-10,26-28H,2-8,11-24H2,1H3;1H3,(H,3,4)/q+1;/p-1/b10-9-;. The van der Waals surface area contributed by atoms with Crippen LogP contribution in [-0.2, 0) is 4.79 Å². The number of aliphatic hydroxyl groups is 3. The van der Waals surface area contributed by atoms with Crippen LogP contribution in [0.3, 0.4) is 0 Å². The number of allylic oxidation sites excluding steroid dienone is 2. The van der Waals surface area contributed by atoms with Crippen LogP contribution in [-0.4, -0.2) is 65.4 Å². The Kier molecular flexibility index (Phi) is 27.3. The molecule has 0 aromatic carbocycles. The van der Waals surface area contributed by atoms with Gasteiger partial charge < -0.3 is 25.2 Å². The van der Waals surface area contributed by atoms with E-state index >= 15 is 0 Å². The number of aliphatic hydroxyl groups excluding tert-OH is 3. The summed E-state index contributed by atoms with van der Waals surface area (Å²) in [6.07, 6.45) is 23.6. The van der Waals surface area contributed by atoms with Crippen LogP contribution >= 0.6 is 0 Å². The summed E-state index contributed by atoms with van der Waals surface area (Å²) in [5, 5.41) is 36.9. The molecule has 0 saturated carbocycles. The van der Waals surface area contributed by atoms with E-state index in [1.54, 1.807) is 0 Å². The monoisotopic (exact) mass is 459 g/mol. The summed E-state index contributed by atoms with van der Waals surface area (Å²) in [5.74, 6) is -1.08. The summed E-state index contributed by atoms with van der Waals surface area (Å²) in [7, 11) is 0. The molecule has 0 fully saturated rings. The van der Waals surface area contributed by atoms with Gasteiger partial charge >= 0.3 is 0 Å². The normalized spacial score (nSPS) is 13.0. The maximum Gasteiger partial charge on any atom is 0.180 e. The van der Waals surface area contributed by atoms with Gasteiger partial charge in [-0.15, -0.1) is 0 Å². The molecular weight excluding hydrogens is 406 g/mol. The molecule has 6 heteroatoms. The SMILES string of the molecule is CC(=O)[O-].CCCCCCCC/C=C\CCCCCCCC[N+](CO)(CCO)CCCO. The van der Waals surface area contributed by atoms with Gasteiger partial charge in [0.05, 0.1) is 19.7 Å². The van der Waals surface area contributed by atoms with Crippen LogP contribution < -0.4 is 5.11 Å². The van der Waals surface area contributed by atoms with Crippen molar-refractivity contribution >= 4 is 5.97 Å². The maximum absolute atomic E-state index is 9.73. The predicted octanol–water partition coefficient (Wildman–Crippen LogP) is 3.92. The fraction of sp³-hybridized carbons (Fsp3) is 0.885. The van der Waals surface area contributed by atoms with Crippen molar-refractivity contribution in [3.63, 3.8) is 0 Å². The minimum atomic E-state index is -1.08. The van der Waals surface area contributed by atoms with E-state index in [0.717, 1.165) is 26.4 Å². The van der Waals surface area contributed by atoms with E-state index in [-0.39, 0.29) is 19.9 Å². The molecule has 192 valence electrons. The molecule has 0 rings (SSSR count). The Balaban J connectivity index is 0. The number of unbranched alkanes of at least 4 members (excludes halogenated alkanes) is 12. The van der Waals surface area contributed by atoms with Crippen molar-refractivity contribution < 1.29 is 29.7 Å². The van der Waals surface area contributed by atoms with Gasteiger partial charge in [-0.25, -0.2) is 0 Å². The fourth-order valence-electron chi connectivity index (χ4n) is 3.86. The van der Waals surface area contributed by atoms with Crippen LogP contribution in [0.5, 0.6) is 0 Å². The van der Waals surface area contributed by atoms with E-state index in [1.807, 2.05) is 0 Å². The lowest BCUT2D eigenvalue weighted by atomic mass is 10.1.